The van der Waals surface area contributed by atoms with Crippen LogP contribution in [0, 0.1) is 6.92 Å². The summed E-state index contributed by atoms with van der Waals surface area (Å²) in [5.74, 6) is 0.0972. The summed E-state index contributed by atoms with van der Waals surface area (Å²) in [6.45, 7) is 4.39. The monoisotopic (exact) mass is 265 g/mol. The highest BCUT2D eigenvalue weighted by Gasteiger charge is 2.47. The third kappa shape index (κ3) is 2.22. The van der Waals surface area contributed by atoms with Crippen molar-refractivity contribution in [2.45, 2.75) is 38.6 Å². The molecule has 1 fully saturated rings. The molecule has 1 aliphatic heterocycles. The van der Waals surface area contributed by atoms with E-state index in [9.17, 15) is 9.90 Å². The molecule has 19 heavy (non-hydrogen) atoms. The van der Waals surface area contributed by atoms with Crippen molar-refractivity contribution in [2.75, 3.05) is 18.6 Å². The van der Waals surface area contributed by atoms with Crippen molar-refractivity contribution in [3.8, 4) is 5.88 Å². The normalized spacial score (nSPS) is 22.6. The zero-order valence-corrected chi connectivity index (χ0v) is 11.5. The molecule has 1 saturated heterocycles. The number of hydrogen-bond donors (Lipinski definition) is 1. The lowest BCUT2D eigenvalue weighted by atomic mass is 9.93. The molecule has 1 aromatic heterocycles. The number of carboxylic acids is 1. The van der Waals surface area contributed by atoms with E-state index in [-0.39, 0.29) is 0 Å². The van der Waals surface area contributed by atoms with E-state index >= 15 is 0 Å². The molecule has 0 spiro atoms. The molecule has 6 heteroatoms. The van der Waals surface area contributed by atoms with Crippen molar-refractivity contribution in [3.63, 3.8) is 0 Å². The quantitative estimate of drug-likeness (QED) is 0.891. The van der Waals surface area contributed by atoms with E-state index in [0.29, 0.717) is 31.2 Å². The topological polar surface area (TPSA) is 75.5 Å². The van der Waals surface area contributed by atoms with E-state index in [2.05, 4.69) is 9.97 Å². The maximum Gasteiger partial charge on any atom is 0.329 e. The first kappa shape index (κ1) is 13.6. The van der Waals surface area contributed by atoms with E-state index in [4.69, 9.17) is 4.74 Å². The molecule has 6 nitrogen and oxygen atoms in total. The van der Waals surface area contributed by atoms with Crippen LogP contribution in [0.4, 0.5) is 5.95 Å². The molecule has 1 unspecified atom stereocenters. The Labute approximate surface area is 112 Å². The largest absolute Gasteiger partial charge is 0.481 e. The maximum absolute atomic E-state index is 11.6. The smallest absolute Gasteiger partial charge is 0.329 e. The number of aliphatic carboxylic acids is 1. The van der Waals surface area contributed by atoms with Gasteiger partial charge in [0.2, 0.25) is 11.8 Å². The Morgan fingerprint density at radius 2 is 2.32 bits per heavy atom. The predicted octanol–water partition coefficient (Wildman–Crippen LogP) is 1.63. The second-order valence-corrected chi connectivity index (χ2v) is 4.80. The Morgan fingerprint density at radius 3 is 2.89 bits per heavy atom. The Kier molecular flexibility index (Phi) is 3.59. The highest BCUT2D eigenvalue weighted by atomic mass is 16.5. The molecule has 0 radical (unpaired) electrons. The van der Waals surface area contributed by atoms with Gasteiger partial charge in [-0.15, -0.1) is 0 Å². The van der Waals surface area contributed by atoms with Crippen LogP contribution in [0.25, 0.3) is 0 Å². The summed E-state index contributed by atoms with van der Waals surface area (Å²) in [5.41, 5.74) is -0.122. The summed E-state index contributed by atoms with van der Waals surface area (Å²) in [5, 5.41) is 9.56. The molecule has 1 aromatic rings. The van der Waals surface area contributed by atoms with Crippen LogP contribution < -0.4 is 9.64 Å². The fraction of sp³-hybridized carbons (Fsp3) is 0.615. The van der Waals surface area contributed by atoms with Crippen LogP contribution in [0.3, 0.4) is 0 Å². The molecule has 0 aliphatic carbocycles. The number of hydrogen-bond acceptors (Lipinski definition) is 5. The Hall–Kier alpha value is -1.85. The van der Waals surface area contributed by atoms with E-state index in [1.807, 2.05) is 13.8 Å². The lowest BCUT2D eigenvalue weighted by Gasteiger charge is -2.34. The van der Waals surface area contributed by atoms with E-state index in [1.165, 1.54) is 0 Å². The first-order valence-corrected chi connectivity index (χ1v) is 6.44. The van der Waals surface area contributed by atoms with Crippen LogP contribution >= 0.6 is 0 Å². The van der Waals surface area contributed by atoms with Crippen LogP contribution in [0.5, 0.6) is 5.88 Å². The van der Waals surface area contributed by atoms with Crippen LogP contribution in [-0.2, 0) is 4.79 Å². The molecule has 2 heterocycles. The van der Waals surface area contributed by atoms with Gasteiger partial charge in [-0.3, -0.25) is 0 Å². The van der Waals surface area contributed by atoms with Gasteiger partial charge in [0, 0.05) is 18.3 Å². The molecule has 0 amide bonds. The molecule has 0 aromatic carbocycles. The van der Waals surface area contributed by atoms with Crippen LogP contribution in [0.15, 0.2) is 6.07 Å². The minimum atomic E-state index is -0.890. The van der Waals surface area contributed by atoms with Crippen molar-refractivity contribution in [1.82, 2.24) is 9.97 Å². The molecule has 1 N–H and O–H groups in total. The van der Waals surface area contributed by atoms with Crippen molar-refractivity contribution < 1.29 is 14.6 Å². The fourth-order valence-electron chi connectivity index (χ4n) is 2.66. The van der Waals surface area contributed by atoms with Crippen LogP contribution in [-0.4, -0.2) is 40.2 Å². The van der Waals surface area contributed by atoms with Gasteiger partial charge in [-0.1, -0.05) is 6.92 Å². The molecule has 1 atom stereocenters. The maximum atomic E-state index is 11.6. The van der Waals surface area contributed by atoms with E-state index in [1.54, 1.807) is 18.1 Å². The molecule has 0 bridgehead atoms. The first-order valence-electron chi connectivity index (χ1n) is 6.44. The summed E-state index contributed by atoms with van der Waals surface area (Å²) in [6.07, 6.45) is 1.99. The van der Waals surface area contributed by atoms with Gasteiger partial charge in [-0.25, -0.2) is 9.78 Å². The van der Waals surface area contributed by atoms with Crippen LogP contribution in [0.2, 0.25) is 0 Å². The number of methoxy groups -OCH3 is 1. The number of anilines is 1. The molecule has 104 valence electrons. The lowest BCUT2D eigenvalue weighted by molar-refractivity contribution is -0.143. The number of aromatic nitrogens is 2. The third-order valence-corrected chi connectivity index (χ3v) is 3.74. The number of aryl methyl sites for hydroxylation is 1. The fourth-order valence-corrected chi connectivity index (χ4v) is 2.66. The van der Waals surface area contributed by atoms with Gasteiger partial charge in [0.25, 0.3) is 0 Å². The summed E-state index contributed by atoms with van der Waals surface area (Å²) in [7, 11) is 1.54. The minimum absolute atomic E-state index is 0.443. The molecule has 1 aliphatic rings. The highest BCUT2D eigenvalue weighted by molar-refractivity contribution is 5.83. The first-order chi connectivity index (χ1) is 9.03. The van der Waals surface area contributed by atoms with Crippen LogP contribution in [0.1, 0.15) is 31.9 Å². The zero-order chi connectivity index (χ0) is 14.0. The van der Waals surface area contributed by atoms with Gasteiger partial charge in [0.05, 0.1) is 7.11 Å². The second-order valence-electron chi connectivity index (χ2n) is 4.80. The third-order valence-electron chi connectivity index (χ3n) is 3.74. The summed E-state index contributed by atoms with van der Waals surface area (Å²) < 4.78 is 5.13. The summed E-state index contributed by atoms with van der Waals surface area (Å²) in [4.78, 5) is 22.1. The summed E-state index contributed by atoms with van der Waals surface area (Å²) in [6, 6.07) is 1.73. The van der Waals surface area contributed by atoms with E-state index < -0.39 is 11.5 Å². The molecule has 2 rings (SSSR count). The lowest BCUT2D eigenvalue weighted by Crippen LogP contribution is -2.51. The number of nitrogens with zero attached hydrogens (tertiary/aromatic N) is 3. The highest BCUT2D eigenvalue weighted by Crippen LogP contribution is 2.35. The zero-order valence-electron chi connectivity index (χ0n) is 11.5. The summed E-state index contributed by atoms with van der Waals surface area (Å²) >= 11 is 0. The van der Waals surface area contributed by atoms with Gasteiger partial charge in [0.15, 0.2) is 0 Å². The second kappa shape index (κ2) is 5.03. The Morgan fingerprint density at radius 1 is 1.58 bits per heavy atom. The minimum Gasteiger partial charge on any atom is -0.481 e. The molecular formula is C13H19N3O3. The number of ether oxygens (including phenoxy) is 1. The van der Waals surface area contributed by atoms with Gasteiger partial charge in [-0.2, -0.15) is 4.98 Å². The SMILES string of the molecule is CCC1(C(=O)O)CCCN1c1nc(C)cc(OC)n1. The van der Waals surface area contributed by atoms with Crippen molar-refractivity contribution in [1.29, 1.82) is 0 Å². The average molecular weight is 265 g/mol. The van der Waals surface area contributed by atoms with Gasteiger partial charge in [-0.05, 0) is 26.2 Å². The van der Waals surface area contributed by atoms with Gasteiger partial charge < -0.3 is 14.7 Å². The van der Waals surface area contributed by atoms with Crippen molar-refractivity contribution in [3.05, 3.63) is 11.8 Å². The van der Waals surface area contributed by atoms with Crippen molar-refractivity contribution >= 4 is 11.9 Å². The predicted molar refractivity (Wildman–Crippen MR) is 70.6 cm³/mol. The Balaban J connectivity index is 2.45. The number of rotatable bonds is 4. The number of carbonyl (C=O) groups is 1. The molecule has 0 saturated carbocycles. The average Bonchev–Trinajstić information content (AvgIpc) is 2.83. The van der Waals surface area contributed by atoms with Gasteiger partial charge in [0.1, 0.15) is 5.54 Å². The number of carboxylic acid groups (broad SMARTS) is 1. The van der Waals surface area contributed by atoms with Gasteiger partial charge >= 0.3 is 5.97 Å². The molecular weight excluding hydrogens is 246 g/mol. The van der Waals surface area contributed by atoms with E-state index in [0.717, 1.165) is 12.1 Å². The van der Waals surface area contributed by atoms with Crippen molar-refractivity contribution in [2.24, 2.45) is 0 Å². The standard InChI is InChI=1S/C13H19N3O3/c1-4-13(11(17)18)6-5-7-16(13)12-14-9(2)8-10(15-12)19-3/h8H,4-7H2,1-3H3,(H,17,18). The Bertz CT molecular complexity index is 492.